The number of aryl methyl sites for hydroxylation is 3. The van der Waals surface area contributed by atoms with Gasteiger partial charge in [-0.3, -0.25) is 4.98 Å². The Morgan fingerprint density at radius 3 is 2.18 bits per heavy atom. The Bertz CT molecular complexity index is 481. The molecule has 0 aliphatic carbocycles. The SMILES string of the molecule is Cc1cc(C)c(NCc2ccncc2)c(C)c1. The molecule has 0 saturated heterocycles. The highest BCUT2D eigenvalue weighted by Gasteiger charge is 2.03. The third-order valence-electron chi connectivity index (χ3n) is 2.90. The maximum absolute atomic E-state index is 4.02. The van der Waals surface area contributed by atoms with E-state index in [-0.39, 0.29) is 0 Å². The van der Waals surface area contributed by atoms with E-state index in [0.29, 0.717) is 0 Å². The topological polar surface area (TPSA) is 24.9 Å². The lowest BCUT2D eigenvalue weighted by atomic mass is 10.0. The van der Waals surface area contributed by atoms with Gasteiger partial charge in [-0.25, -0.2) is 0 Å². The van der Waals surface area contributed by atoms with E-state index in [9.17, 15) is 0 Å². The molecule has 2 nitrogen and oxygen atoms in total. The fraction of sp³-hybridized carbons (Fsp3) is 0.267. The predicted octanol–water partition coefficient (Wildman–Crippen LogP) is 3.62. The molecule has 1 aromatic carbocycles. The molecule has 88 valence electrons. The maximum atomic E-state index is 4.02. The van der Waals surface area contributed by atoms with Crippen molar-refractivity contribution in [3.05, 3.63) is 58.9 Å². The first-order chi connectivity index (χ1) is 8.16. The Hall–Kier alpha value is -1.83. The second kappa shape index (κ2) is 5.00. The van der Waals surface area contributed by atoms with Crippen LogP contribution in [0.15, 0.2) is 36.7 Å². The predicted molar refractivity (Wildman–Crippen MR) is 72.2 cm³/mol. The quantitative estimate of drug-likeness (QED) is 0.864. The van der Waals surface area contributed by atoms with E-state index in [1.165, 1.54) is 27.9 Å². The van der Waals surface area contributed by atoms with Gasteiger partial charge in [0.15, 0.2) is 0 Å². The Balaban J connectivity index is 2.15. The van der Waals surface area contributed by atoms with E-state index >= 15 is 0 Å². The summed E-state index contributed by atoms with van der Waals surface area (Å²) in [5.41, 5.74) is 6.41. The van der Waals surface area contributed by atoms with Crippen LogP contribution in [0.1, 0.15) is 22.3 Å². The molecule has 0 atom stereocenters. The summed E-state index contributed by atoms with van der Waals surface area (Å²) in [6.07, 6.45) is 3.65. The van der Waals surface area contributed by atoms with Crippen LogP contribution >= 0.6 is 0 Å². The molecule has 1 heterocycles. The zero-order chi connectivity index (χ0) is 12.3. The summed E-state index contributed by atoms with van der Waals surface area (Å²) in [5.74, 6) is 0. The van der Waals surface area contributed by atoms with E-state index in [0.717, 1.165) is 6.54 Å². The number of nitrogens with zero attached hydrogens (tertiary/aromatic N) is 1. The molecule has 0 radical (unpaired) electrons. The molecule has 2 aromatic rings. The van der Waals surface area contributed by atoms with Crippen molar-refractivity contribution in [3.8, 4) is 0 Å². The van der Waals surface area contributed by atoms with E-state index in [2.05, 4.69) is 43.2 Å². The van der Waals surface area contributed by atoms with Gasteiger partial charge in [-0.1, -0.05) is 17.7 Å². The first-order valence-corrected chi connectivity index (χ1v) is 5.87. The van der Waals surface area contributed by atoms with Gasteiger partial charge in [0.05, 0.1) is 0 Å². The molecule has 0 fully saturated rings. The normalized spacial score (nSPS) is 10.3. The van der Waals surface area contributed by atoms with Crippen LogP contribution in [-0.2, 0) is 6.54 Å². The largest absolute Gasteiger partial charge is 0.381 e. The van der Waals surface area contributed by atoms with Gasteiger partial charge in [0.25, 0.3) is 0 Å². The van der Waals surface area contributed by atoms with Gasteiger partial charge >= 0.3 is 0 Å². The molecule has 0 spiro atoms. The van der Waals surface area contributed by atoms with Gasteiger partial charge in [0, 0.05) is 24.6 Å². The summed E-state index contributed by atoms with van der Waals surface area (Å²) in [6.45, 7) is 7.27. The number of rotatable bonds is 3. The number of nitrogens with one attached hydrogen (secondary N) is 1. The summed E-state index contributed by atoms with van der Waals surface area (Å²) in [5, 5.41) is 3.50. The summed E-state index contributed by atoms with van der Waals surface area (Å²) in [7, 11) is 0. The number of hydrogen-bond acceptors (Lipinski definition) is 2. The highest BCUT2D eigenvalue weighted by atomic mass is 14.9. The minimum Gasteiger partial charge on any atom is -0.381 e. The number of benzene rings is 1. The van der Waals surface area contributed by atoms with Gasteiger partial charge in [-0.2, -0.15) is 0 Å². The van der Waals surface area contributed by atoms with Gasteiger partial charge in [0.2, 0.25) is 0 Å². The van der Waals surface area contributed by atoms with Crippen LogP contribution in [0.2, 0.25) is 0 Å². The molecule has 1 aromatic heterocycles. The van der Waals surface area contributed by atoms with Gasteiger partial charge in [-0.15, -0.1) is 0 Å². The molecular formula is C15H18N2. The lowest BCUT2D eigenvalue weighted by molar-refractivity contribution is 1.11. The fourth-order valence-corrected chi connectivity index (χ4v) is 2.15. The van der Waals surface area contributed by atoms with Crippen molar-refractivity contribution in [1.82, 2.24) is 4.98 Å². The first-order valence-electron chi connectivity index (χ1n) is 5.87. The highest BCUT2D eigenvalue weighted by molar-refractivity contribution is 5.58. The van der Waals surface area contributed by atoms with Crippen molar-refractivity contribution in [2.24, 2.45) is 0 Å². The number of anilines is 1. The Kier molecular flexibility index (Phi) is 3.43. The molecule has 2 rings (SSSR count). The molecular weight excluding hydrogens is 208 g/mol. The summed E-state index contributed by atoms with van der Waals surface area (Å²) < 4.78 is 0. The summed E-state index contributed by atoms with van der Waals surface area (Å²) in [6, 6.07) is 8.49. The minimum absolute atomic E-state index is 0.841. The molecule has 17 heavy (non-hydrogen) atoms. The van der Waals surface area contributed by atoms with E-state index in [4.69, 9.17) is 0 Å². The van der Waals surface area contributed by atoms with Crippen LogP contribution in [0.4, 0.5) is 5.69 Å². The molecule has 0 unspecified atom stereocenters. The molecule has 2 heteroatoms. The van der Waals surface area contributed by atoms with Crippen molar-refractivity contribution >= 4 is 5.69 Å². The second-order valence-corrected chi connectivity index (χ2v) is 4.48. The molecule has 1 N–H and O–H groups in total. The molecule has 0 aliphatic rings. The van der Waals surface area contributed by atoms with Crippen molar-refractivity contribution in [2.75, 3.05) is 5.32 Å². The van der Waals surface area contributed by atoms with Crippen LogP contribution in [0.25, 0.3) is 0 Å². The third kappa shape index (κ3) is 2.84. The Morgan fingerprint density at radius 1 is 1.00 bits per heavy atom. The van der Waals surface area contributed by atoms with E-state index in [1.54, 1.807) is 0 Å². The van der Waals surface area contributed by atoms with Crippen molar-refractivity contribution in [1.29, 1.82) is 0 Å². The van der Waals surface area contributed by atoms with Crippen LogP contribution in [0, 0.1) is 20.8 Å². The molecule has 0 amide bonds. The minimum atomic E-state index is 0.841. The highest BCUT2D eigenvalue weighted by Crippen LogP contribution is 2.22. The van der Waals surface area contributed by atoms with Gasteiger partial charge in [-0.05, 0) is 49.6 Å². The number of pyridine rings is 1. The first kappa shape index (κ1) is 11.6. The smallest absolute Gasteiger partial charge is 0.0402 e. The van der Waals surface area contributed by atoms with Crippen molar-refractivity contribution in [3.63, 3.8) is 0 Å². The molecule has 0 bridgehead atoms. The molecule has 0 saturated carbocycles. The maximum Gasteiger partial charge on any atom is 0.0402 e. The van der Waals surface area contributed by atoms with Crippen LogP contribution < -0.4 is 5.32 Å². The van der Waals surface area contributed by atoms with Crippen LogP contribution in [-0.4, -0.2) is 4.98 Å². The van der Waals surface area contributed by atoms with E-state index in [1.807, 2.05) is 24.5 Å². The van der Waals surface area contributed by atoms with E-state index < -0.39 is 0 Å². The third-order valence-corrected chi connectivity index (χ3v) is 2.90. The monoisotopic (exact) mass is 226 g/mol. The average molecular weight is 226 g/mol. The lowest BCUT2D eigenvalue weighted by Gasteiger charge is -2.13. The molecule has 0 aliphatic heterocycles. The Labute approximate surface area is 103 Å². The van der Waals surface area contributed by atoms with Crippen molar-refractivity contribution in [2.45, 2.75) is 27.3 Å². The number of aromatic nitrogens is 1. The van der Waals surface area contributed by atoms with Gasteiger partial charge < -0.3 is 5.32 Å². The fourth-order valence-electron chi connectivity index (χ4n) is 2.15. The van der Waals surface area contributed by atoms with Crippen LogP contribution in [0.3, 0.4) is 0 Å². The summed E-state index contributed by atoms with van der Waals surface area (Å²) in [4.78, 5) is 4.02. The Morgan fingerprint density at radius 2 is 1.59 bits per heavy atom. The van der Waals surface area contributed by atoms with Crippen LogP contribution in [0.5, 0.6) is 0 Å². The van der Waals surface area contributed by atoms with Gasteiger partial charge in [0.1, 0.15) is 0 Å². The van der Waals surface area contributed by atoms with Crippen molar-refractivity contribution < 1.29 is 0 Å². The average Bonchev–Trinajstić information content (AvgIpc) is 2.29. The zero-order valence-electron chi connectivity index (χ0n) is 10.6. The number of hydrogen-bond donors (Lipinski definition) is 1. The lowest BCUT2D eigenvalue weighted by Crippen LogP contribution is -2.03. The zero-order valence-corrected chi connectivity index (χ0v) is 10.6. The summed E-state index contributed by atoms with van der Waals surface area (Å²) >= 11 is 0. The second-order valence-electron chi connectivity index (χ2n) is 4.48. The standard InChI is InChI=1S/C15H18N2/c1-11-8-12(2)15(13(3)9-11)17-10-14-4-6-16-7-5-14/h4-9,17H,10H2,1-3H3.